The lowest BCUT2D eigenvalue weighted by atomic mass is 10.3. The number of guanidine groups is 1. The largest absolute Gasteiger partial charge is 0.355 e. The molecule has 1 aliphatic rings. The number of rotatable bonds is 6. The van der Waals surface area contributed by atoms with Gasteiger partial charge >= 0.3 is 0 Å². The number of nitrogens with zero attached hydrogens (tertiary/aromatic N) is 3. The zero-order valence-corrected chi connectivity index (χ0v) is 11.8. The number of piperazine rings is 1. The van der Waals surface area contributed by atoms with Gasteiger partial charge in [0.1, 0.15) is 0 Å². The van der Waals surface area contributed by atoms with Crippen molar-refractivity contribution in [3.63, 3.8) is 0 Å². The highest BCUT2D eigenvalue weighted by Crippen LogP contribution is 1.99. The summed E-state index contributed by atoms with van der Waals surface area (Å²) in [7, 11) is 1.79. The third-order valence-electron chi connectivity index (χ3n) is 3.27. The van der Waals surface area contributed by atoms with E-state index < -0.39 is 0 Å². The van der Waals surface area contributed by atoms with Crippen LogP contribution in [0.4, 0.5) is 0 Å². The predicted octanol–water partition coefficient (Wildman–Crippen LogP) is -0.0251. The summed E-state index contributed by atoms with van der Waals surface area (Å²) < 4.78 is 0. The Hall–Kier alpha value is -1.07. The van der Waals surface area contributed by atoms with Crippen LogP contribution in [0, 0.1) is 0 Å². The third-order valence-corrected chi connectivity index (χ3v) is 3.27. The number of hydrogen-bond acceptors (Lipinski definition) is 3. The molecule has 0 aromatic rings. The quantitative estimate of drug-likeness (QED) is 0.396. The van der Waals surface area contributed by atoms with Gasteiger partial charge in [-0.15, -0.1) is 6.58 Å². The van der Waals surface area contributed by atoms with Crippen molar-refractivity contribution in [2.45, 2.75) is 6.92 Å². The van der Waals surface area contributed by atoms with Gasteiger partial charge in [-0.25, -0.2) is 0 Å². The molecule has 0 aromatic heterocycles. The first kappa shape index (κ1) is 15.0. The highest BCUT2D eigenvalue weighted by Gasteiger charge is 2.14. The van der Waals surface area contributed by atoms with Gasteiger partial charge in [0.2, 0.25) is 0 Å². The van der Waals surface area contributed by atoms with Crippen LogP contribution in [-0.2, 0) is 0 Å². The van der Waals surface area contributed by atoms with Crippen LogP contribution in [0.1, 0.15) is 6.92 Å². The molecule has 1 saturated heterocycles. The first-order chi connectivity index (χ1) is 8.80. The summed E-state index contributed by atoms with van der Waals surface area (Å²) >= 11 is 0. The zero-order valence-electron chi connectivity index (χ0n) is 11.8. The fourth-order valence-corrected chi connectivity index (χ4v) is 2.05. The molecule has 0 radical (unpaired) electrons. The lowest BCUT2D eigenvalue weighted by molar-refractivity contribution is 0.139. The molecule has 0 spiro atoms. The standard InChI is InChI=1S/C13H27N5/c1-4-6-15-13(14-3)16-7-8-18-11-9-17(5-2)10-12-18/h4H,1,5-12H2,2-3H3,(H2,14,15,16). The van der Waals surface area contributed by atoms with Gasteiger partial charge in [0.15, 0.2) is 5.96 Å². The Morgan fingerprint density at radius 1 is 1.22 bits per heavy atom. The van der Waals surface area contributed by atoms with Crippen LogP contribution >= 0.6 is 0 Å². The molecule has 0 bridgehead atoms. The molecular weight excluding hydrogens is 226 g/mol. The van der Waals surface area contributed by atoms with E-state index in [0.717, 1.165) is 25.6 Å². The second-order valence-electron chi connectivity index (χ2n) is 4.44. The second-order valence-corrected chi connectivity index (χ2v) is 4.44. The van der Waals surface area contributed by atoms with Gasteiger partial charge in [-0.2, -0.15) is 0 Å². The van der Waals surface area contributed by atoms with Crippen molar-refractivity contribution < 1.29 is 0 Å². The van der Waals surface area contributed by atoms with Crippen LogP contribution in [0.5, 0.6) is 0 Å². The number of aliphatic imine (C=N–C) groups is 1. The molecule has 104 valence electrons. The first-order valence-corrected chi connectivity index (χ1v) is 6.80. The van der Waals surface area contributed by atoms with Gasteiger partial charge in [-0.05, 0) is 6.54 Å². The maximum absolute atomic E-state index is 4.15. The molecule has 5 nitrogen and oxygen atoms in total. The van der Waals surface area contributed by atoms with E-state index in [1.165, 1.54) is 32.7 Å². The Kier molecular flexibility index (Phi) is 7.44. The molecule has 0 amide bonds. The summed E-state index contributed by atoms with van der Waals surface area (Å²) in [6.07, 6.45) is 1.83. The molecular formula is C13H27N5. The first-order valence-electron chi connectivity index (χ1n) is 6.80. The van der Waals surface area contributed by atoms with Gasteiger partial charge < -0.3 is 15.5 Å². The average molecular weight is 253 g/mol. The Balaban J connectivity index is 2.12. The van der Waals surface area contributed by atoms with Gasteiger partial charge in [0, 0.05) is 52.9 Å². The maximum Gasteiger partial charge on any atom is 0.191 e. The van der Waals surface area contributed by atoms with E-state index >= 15 is 0 Å². The smallest absolute Gasteiger partial charge is 0.191 e. The van der Waals surface area contributed by atoms with E-state index in [2.05, 4.69) is 38.9 Å². The van der Waals surface area contributed by atoms with Gasteiger partial charge in [-0.3, -0.25) is 9.89 Å². The highest BCUT2D eigenvalue weighted by atomic mass is 15.3. The monoisotopic (exact) mass is 253 g/mol. The molecule has 18 heavy (non-hydrogen) atoms. The fraction of sp³-hybridized carbons (Fsp3) is 0.769. The summed E-state index contributed by atoms with van der Waals surface area (Å²) in [6.45, 7) is 14.6. The zero-order chi connectivity index (χ0) is 13.2. The van der Waals surface area contributed by atoms with Crippen molar-refractivity contribution in [1.29, 1.82) is 0 Å². The van der Waals surface area contributed by atoms with Crippen molar-refractivity contribution in [2.24, 2.45) is 4.99 Å². The van der Waals surface area contributed by atoms with Gasteiger partial charge in [0.25, 0.3) is 0 Å². The summed E-state index contributed by atoms with van der Waals surface area (Å²) in [4.78, 5) is 9.15. The molecule has 2 N–H and O–H groups in total. The molecule has 0 atom stereocenters. The Morgan fingerprint density at radius 3 is 2.44 bits per heavy atom. The van der Waals surface area contributed by atoms with Crippen molar-refractivity contribution in [2.75, 3.05) is 59.4 Å². The van der Waals surface area contributed by atoms with Crippen LogP contribution in [0.25, 0.3) is 0 Å². The molecule has 5 heteroatoms. The minimum Gasteiger partial charge on any atom is -0.355 e. The molecule has 0 aliphatic carbocycles. The van der Waals surface area contributed by atoms with Crippen molar-refractivity contribution >= 4 is 5.96 Å². The van der Waals surface area contributed by atoms with E-state index in [1.54, 1.807) is 7.05 Å². The Morgan fingerprint density at radius 2 is 1.89 bits per heavy atom. The number of hydrogen-bond donors (Lipinski definition) is 2. The summed E-state index contributed by atoms with van der Waals surface area (Å²) in [6, 6.07) is 0. The van der Waals surface area contributed by atoms with Gasteiger partial charge in [-0.1, -0.05) is 13.0 Å². The Labute approximate surface area is 111 Å². The maximum atomic E-state index is 4.15. The minimum atomic E-state index is 0.745. The van der Waals surface area contributed by atoms with E-state index in [-0.39, 0.29) is 0 Å². The number of likely N-dealkylation sites (N-methyl/N-ethyl adjacent to an activating group) is 1. The summed E-state index contributed by atoms with van der Waals surface area (Å²) in [5, 5.41) is 6.48. The summed E-state index contributed by atoms with van der Waals surface area (Å²) in [5.41, 5.74) is 0. The number of nitrogens with one attached hydrogen (secondary N) is 2. The predicted molar refractivity (Wildman–Crippen MR) is 78.1 cm³/mol. The van der Waals surface area contributed by atoms with E-state index in [0.29, 0.717) is 0 Å². The lowest BCUT2D eigenvalue weighted by Gasteiger charge is -2.34. The van der Waals surface area contributed by atoms with Crippen LogP contribution in [0.2, 0.25) is 0 Å². The Bertz CT molecular complexity index is 256. The van der Waals surface area contributed by atoms with E-state index in [1.807, 2.05) is 6.08 Å². The van der Waals surface area contributed by atoms with Gasteiger partial charge in [0.05, 0.1) is 0 Å². The highest BCUT2D eigenvalue weighted by molar-refractivity contribution is 5.79. The second kappa shape index (κ2) is 8.94. The van der Waals surface area contributed by atoms with Crippen molar-refractivity contribution in [3.8, 4) is 0 Å². The SMILES string of the molecule is C=CCNC(=NC)NCCN1CCN(CC)CC1. The lowest BCUT2D eigenvalue weighted by Crippen LogP contribution is -2.49. The molecule has 0 unspecified atom stereocenters. The van der Waals surface area contributed by atoms with Crippen LogP contribution < -0.4 is 10.6 Å². The van der Waals surface area contributed by atoms with Crippen LogP contribution in [-0.4, -0.2) is 75.2 Å². The molecule has 0 aromatic carbocycles. The van der Waals surface area contributed by atoms with Crippen LogP contribution in [0.15, 0.2) is 17.6 Å². The van der Waals surface area contributed by atoms with Crippen LogP contribution in [0.3, 0.4) is 0 Å². The molecule has 0 saturated carbocycles. The third kappa shape index (κ3) is 5.51. The molecule has 1 rings (SSSR count). The van der Waals surface area contributed by atoms with Crippen molar-refractivity contribution in [3.05, 3.63) is 12.7 Å². The minimum absolute atomic E-state index is 0.745. The van der Waals surface area contributed by atoms with E-state index in [9.17, 15) is 0 Å². The molecule has 1 fully saturated rings. The molecule has 1 heterocycles. The van der Waals surface area contributed by atoms with Crippen molar-refractivity contribution in [1.82, 2.24) is 20.4 Å². The topological polar surface area (TPSA) is 42.9 Å². The summed E-state index contributed by atoms with van der Waals surface area (Å²) in [5.74, 6) is 0.849. The average Bonchev–Trinajstić information content (AvgIpc) is 2.43. The van der Waals surface area contributed by atoms with E-state index in [4.69, 9.17) is 0 Å². The fourth-order valence-electron chi connectivity index (χ4n) is 2.05. The normalized spacial score (nSPS) is 18.7. The molecule has 1 aliphatic heterocycles.